The van der Waals surface area contributed by atoms with E-state index in [2.05, 4.69) is 0 Å². The first-order valence-corrected chi connectivity index (χ1v) is 12.1. The summed E-state index contributed by atoms with van der Waals surface area (Å²) in [7, 11) is 0. The van der Waals surface area contributed by atoms with Crippen molar-refractivity contribution in [3.63, 3.8) is 0 Å². The Morgan fingerprint density at radius 2 is 1.81 bits per heavy atom. The maximum Gasteiger partial charge on any atom is 0.228 e. The quantitative estimate of drug-likeness (QED) is 0.728. The van der Waals surface area contributed by atoms with Gasteiger partial charge in [-0.25, -0.2) is 9.97 Å². The number of benzene rings is 1. The zero-order valence-corrected chi connectivity index (χ0v) is 18.9. The molecule has 0 unspecified atom stereocenters. The molecule has 0 bridgehead atoms. The number of rotatable bonds is 4. The van der Waals surface area contributed by atoms with Crippen molar-refractivity contribution in [1.29, 1.82) is 0 Å². The summed E-state index contributed by atoms with van der Waals surface area (Å²) in [4.78, 5) is 39.5. The molecule has 168 valence electrons. The minimum atomic E-state index is 0.117. The Morgan fingerprint density at radius 1 is 1.03 bits per heavy atom. The fourth-order valence-corrected chi connectivity index (χ4v) is 5.49. The SMILES string of the molecule is Cc1nc([C@H]2CCN(C(=O)C3CCCCC3)C2)nc2c1CCC(=O)N2Cc1ccccc1. The summed E-state index contributed by atoms with van der Waals surface area (Å²) in [5, 5.41) is 0. The van der Waals surface area contributed by atoms with Crippen LogP contribution in [0.1, 0.15) is 73.5 Å². The summed E-state index contributed by atoms with van der Waals surface area (Å²) in [5.74, 6) is 2.33. The van der Waals surface area contributed by atoms with Gasteiger partial charge in [0.05, 0.1) is 6.54 Å². The number of hydrogen-bond donors (Lipinski definition) is 0. The van der Waals surface area contributed by atoms with Crippen LogP contribution in [0.4, 0.5) is 5.82 Å². The number of aromatic nitrogens is 2. The second-order valence-corrected chi connectivity index (χ2v) is 9.54. The van der Waals surface area contributed by atoms with E-state index in [-0.39, 0.29) is 17.7 Å². The summed E-state index contributed by atoms with van der Waals surface area (Å²) >= 11 is 0. The third kappa shape index (κ3) is 4.15. The van der Waals surface area contributed by atoms with Crippen LogP contribution in [0.3, 0.4) is 0 Å². The molecule has 1 aromatic heterocycles. The molecular weight excluding hydrogens is 400 g/mol. The number of hydrogen-bond acceptors (Lipinski definition) is 4. The predicted octanol–water partition coefficient (Wildman–Crippen LogP) is 4.16. The number of aryl methyl sites for hydroxylation is 1. The van der Waals surface area contributed by atoms with E-state index in [1.54, 1.807) is 0 Å². The Bertz CT molecular complexity index is 1000. The predicted molar refractivity (Wildman–Crippen MR) is 123 cm³/mol. The Labute approximate surface area is 190 Å². The Hall–Kier alpha value is -2.76. The first-order valence-electron chi connectivity index (χ1n) is 12.1. The van der Waals surface area contributed by atoms with Crippen molar-refractivity contribution in [2.75, 3.05) is 18.0 Å². The number of nitrogens with zero attached hydrogens (tertiary/aromatic N) is 4. The monoisotopic (exact) mass is 432 g/mol. The first kappa shape index (κ1) is 21.1. The van der Waals surface area contributed by atoms with Crippen LogP contribution in [-0.2, 0) is 22.6 Å². The number of fused-ring (bicyclic) bond motifs is 1. The van der Waals surface area contributed by atoms with E-state index in [9.17, 15) is 9.59 Å². The van der Waals surface area contributed by atoms with Gasteiger partial charge in [-0.1, -0.05) is 49.6 Å². The Morgan fingerprint density at radius 3 is 2.59 bits per heavy atom. The molecule has 3 heterocycles. The number of amides is 2. The molecule has 2 fully saturated rings. The summed E-state index contributed by atoms with van der Waals surface area (Å²) in [6.45, 7) is 4.03. The van der Waals surface area contributed by atoms with E-state index in [0.717, 1.165) is 54.3 Å². The summed E-state index contributed by atoms with van der Waals surface area (Å²) < 4.78 is 0. The molecule has 5 rings (SSSR count). The lowest BCUT2D eigenvalue weighted by atomic mass is 9.88. The average molecular weight is 433 g/mol. The van der Waals surface area contributed by atoms with E-state index in [1.807, 2.05) is 47.1 Å². The van der Waals surface area contributed by atoms with E-state index in [4.69, 9.17) is 9.97 Å². The summed E-state index contributed by atoms with van der Waals surface area (Å²) in [5.41, 5.74) is 3.14. The van der Waals surface area contributed by atoms with Gasteiger partial charge in [-0.3, -0.25) is 14.5 Å². The molecule has 0 spiro atoms. The normalized spacial score (nSPS) is 21.7. The molecule has 0 radical (unpaired) electrons. The molecule has 1 aromatic carbocycles. The van der Waals surface area contributed by atoms with E-state index >= 15 is 0 Å². The molecule has 2 aromatic rings. The second kappa shape index (κ2) is 9.00. The van der Waals surface area contributed by atoms with Gasteiger partial charge >= 0.3 is 0 Å². The molecule has 2 amide bonds. The molecule has 6 nitrogen and oxygen atoms in total. The van der Waals surface area contributed by atoms with Crippen molar-refractivity contribution < 1.29 is 9.59 Å². The highest BCUT2D eigenvalue weighted by Gasteiger charge is 2.35. The first-order chi connectivity index (χ1) is 15.6. The second-order valence-electron chi connectivity index (χ2n) is 9.54. The summed E-state index contributed by atoms with van der Waals surface area (Å²) in [6.07, 6.45) is 7.75. The van der Waals surface area contributed by atoms with Crippen LogP contribution in [0.2, 0.25) is 0 Å². The number of carbonyl (C=O) groups excluding carboxylic acids is 2. The van der Waals surface area contributed by atoms with Crippen molar-refractivity contribution in [3.05, 3.63) is 53.0 Å². The lowest BCUT2D eigenvalue weighted by Gasteiger charge is -2.30. The van der Waals surface area contributed by atoms with Crippen LogP contribution in [0.5, 0.6) is 0 Å². The van der Waals surface area contributed by atoms with Crippen LogP contribution in [-0.4, -0.2) is 39.8 Å². The Kier molecular flexibility index (Phi) is 5.94. The molecule has 32 heavy (non-hydrogen) atoms. The molecule has 3 aliphatic rings. The standard InChI is InChI=1S/C26H32N4O2/c1-18-22-12-13-23(31)30(16-19-8-4-2-5-9-19)25(22)28-24(27-18)21-14-15-29(17-21)26(32)20-10-6-3-7-11-20/h2,4-5,8-9,20-21H,3,6-7,10-17H2,1H3/t21-/m0/s1. The van der Waals surface area contributed by atoms with Crippen LogP contribution < -0.4 is 4.90 Å². The highest BCUT2D eigenvalue weighted by molar-refractivity contribution is 5.95. The van der Waals surface area contributed by atoms with Crippen molar-refractivity contribution in [3.8, 4) is 0 Å². The number of anilines is 1. The fourth-order valence-electron chi connectivity index (χ4n) is 5.49. The van der Waals surface area contributed by atoms with Crippen LogP contribution in [0, 0.1) is 12.8 Å². The van der Waals surface area contributed by atoms with Gasteiger partial charge in [0.2, 0.25) is 11.8 Å². The van der Waals surface area contributed by atoms with Gasteiger partial charge in [0.25, 0.3) is 0 Å². The number of carbonyl (C=O) groups is 2. The highest BCUT2D eigenvalue weighted by Crippen LogP contribution is 2.34. The fraction of sp³-hybridized carbons (Fsp3) is 0.538. The topological polar surface area (TPSA) is 66.4 Å². The molecule has 1 aliphatic carbocycles. The molecule has 1 saturated carbocycles. The third-order valence-corrected chi connectivity index (χ3v) is 7.36. The lowest BCUT2D eigenvalue weighted by molar-refractivity contribution is -0.135. The van der Waals surface area contributed by atoms with Gasteiger partial charge in [0.15, 0.2) is 0 Å². The minimum absolute atomic E-state index is 0.117. The van der Waals surface area contributed by atoms with E-state index in [1.165, 1.54) is 19.3 Å². The molecule has 0 N–H and O–H groups in total. The average Bonchev–Trinajstić information content (AvgIpc) is 3.32. The van der Waals surface area contributed by atoms with Gasteiger partial charge in [0, 0.05) is 42.6 Å². The van der Waals surface area contributed by atoms with Crippen molar-refractivity contribution in [2.24, 2.45) is 5.92 Å². The van der Waals surface area contributed by atoms with Crippen molar-refractivity contribution in [1.82, 2.24) is 14.9 Å². The van der Waals surface area contributed by atoms with Crippen LogP contribution in [0.15, 0.2) is 30.3 Å². The van der Waals surface area contributed by atoms with E-state index < -0.39 is 0 Å². The Balaban J connectivity index is 1.37. The molecule has 1 atom stereocenters. The van der Waals surface area contributed by atoms with Gasteiger partial charge < -0.3 is 4.90 Å². The van der Waals surface area contributed by atoms with Crippen LogP contribution >= 0.6 is 0 Å². The van der Waals surface area contributed by atoms with Crippen LogP contribution in [0.25, 0.3) is 0 Å². The lowest BCUT2D eigenvalue weighted by Crippen LogP contribution is -2.37. The highest BCUT2D eigenvalue weighted by atomic mass is 16.2. The largest absolute Gasteiger partial charge is 0.342 e. The van der Waals surface area contributed by atoms with E-state index in [0.29, 0.717) is 31.8 Å². The summed E-state index contributed by atoms with van der Waals surface area (Å²) in [6, 6.07) is 10.1. The van der Waals surface area contributed by atoms with Crippen molar-refractivity contribution in [2.45, 2.75) is 70.8 Å². The zero-order valence-electron chi connectivity index (χ0n) is 18.9. The third-order valence-electron chi connectivity index (χ3n) is 7.36. The maximum absolute atomic E-state index is 13.0. The smallest absolute Gasteiger partial charge is 0.228 e. The van der Waals surface area contributed by atoms with Gasteiger partial charge in [0.1, 0.15) is 11.6 Å². The minimum Gasteiger partial charge on any atom is -0.342 e. The molecule has 1 saturated heterocycles. The molecule has 6 heteroatoms. The van der Waals surface area contributed by atoms with Gasteiger partial charge in [-0.2, -0.15) is 0 Å². The maximum atomic E-state index is 13.0. The zero-order chi connectivity index (χ0) is 22.1. The molecule has 2 aliphatic heterocycles. The van der Waals surface area contributed by atoms with Gasteiger partial charge in [-0.05, 0) is 38.2 Å². The number of likely N-dealkylation sites (tertiary alicyclic amines) is 1. The molecular formula is C26H32N4O2. The van der Waals surface area contributed by atoms with Gasteiger partial charge in [-0.15, -0.1) is 0 Å². The van der Waals surface area contributed by atoms with Crippen molar-refractivity contribution >= 4 is 17.6 Å².